The summed E-state index contributed by atoms with van der Waals surface area (Å²) in [7, 11) is 1.69. The van der Waals surface area contributed by atoms with Crippen LogP contribution in [0.15, 0.2) is 11.7 Å². The molecule has 126 valence electrons. The quantitative estimate of drug-likeness (QED) is 0.681. The van der Waals surface area contributed by atoms with Gasteiger partial charge in [-0.3, -0.25) is 4.98 Å². The Morgan fingerprint density at radius 1 is 1.45 bits per heavy atom. The predicted molar refractivity (Wildman–Crippen MR) is 88.1 cm³/mol. The SMILES string of the molecule is COCC(CCCNC(=O)OC(C)(C)C)NCc1cncs1. The molecule has 0 spiro atoms. The first-order valence-corrected chi connectivity index (χ1v) is 8.35. The molecule has 1 aromatic heterocycles. The monoisotopic (exact) mass is 329 g/mol. The second kappa shape index (κ2) is 9.76. The van der Waals surface area contributed by atoms with Crippen LogP contribution in [0.1, 0.15) is 38.5 Å². The fourth-order valence-electron chi connectivity index (χ4n) is 1.87. The van der Waals surface area contributed by atoms with Gasteiger partial charge in [-0.05, 0) is 33.6 Å². The smallest absolute Gasteiger partial charge is 0.407 e. The van der Waals surface area contributed by atoms with E-state index in [0.717, 1.165) is 19.4 Å². The Bertz CT molecular complexity index is 418. The number of alkyl carbamates (subject to hydrolysis) is 1. The minimum atomic E-state index is -0.459. The van der Waals surface area contributed by atoms with Crippen LogP contribution in [-0.2, 0) is 16.0 Å². The maximum atomic E-state index is 11.5. The van der Waals surface area contributed by atoms with Gasteiger partial charge in [-0.2, -0.15) is 0 Å². The Kier molecular flexibility index (Phi) is 8.37. The number of aromatic nitrogens is 1. The fraction of sp³-hybridized carbons (Fsp3) is 0.733. The number of hydrogen-bond acceptors (Lipinski definition) is 6. The predicted octanol–water partition coefficient (Wildman–Crippen LogP) is 2.55. The third-order valence-electron chi connectivity index (χ3n) is 2.81. The Morgan fingerprint density at radius 2 is 2.23 bits per heavy atom. The molecule has 7 heteroatoms. The molecule has 0 aliphatic rings. The number of nitrogens with zero attached hydrogens (tertiary/aromatic N) is 1. The molecule has 1 atom stereocenters. The van der Waals surface area contributed by atoms with Crippen molar-refractivity contribution in [2.45, 2.75) is 51.8 Å². The Balaban J connectivity index is 2.19. The van der Waals surface area contributed by atoms with Gasteiger partial charge in [0.2, 0.25) is 0 Å². The standard InChI is InChI=1S/C15H27N3O3S/c1-15(2,3)21-14(19)17-7-5-6-12(10-20-4)18-9-13-8-16-11-22-13/h8,11-12,18H,5-7,9-10H2,1-4H3,(H,17,19). The van der Waals surface area contributed by atoms with Crippen molar-refractivity contribution in [1.82, 2.24) is 15.6 Å². The number of ether oxygens (including phenoxy) is 2. The first kappa shape index (κ1) is 18.9. The van der Waals surface area contributed by atoms with E-state index in [0.29, 0.717) is 13.2 Å². The van der Waals surface area contributed by atoms with Crippen molar-refractivity contribution in [1.29, 1.82) is 0 Å². The van der Waals surface area contributed by atoms with Crippen molar-refractivity contribution >= 4 is 17.4 Å². The summed E-state index contributed by atoms with van der Waals surface area (Å²) in [6.07, 6.45) is 3.28. The second-order valence-electron chi connectivity index (χ2n) is 6.07. The van der Waals surface area contributed by atoms with E-state index in [1.807, 2.05) is 32.5 Å². The summed E-state index contributed by atoms with van der Waals surface area (Å²) in [4.78, 5) is 16.8. The normalized spacial score (nSPS) is 12.9. The van der Waals surface area contributed by atoms with Crippen LogP contribution in [0.2, 0.25) is 0 Å². The highest BCUT2D eigenvalue weighted by Gasteiger charge is 2.15. The van der Waals surface area contributed by atoms with Crippen LogP contribution in [-0.4, -0.2) is 43.0 Å². The lowest BCUT2D eigenvalue weighted by Crippen LogP contribution is -2.35. The molecule has 2 N–H and O–H groups in total. The van der Waals surface area contributed by atoms with Gasteiger partial charge in [0.25, 0.3) is 0 Å². The van der Waals surface area contributed by atoms with Gasteiger partial charge in [0, 0.05) is 37.3 Å². The molecule has 22 heavy (non-hydrogen) atoms. The van der Waals surface area contributed by atoms with Crippen LogP contribution in [0.25, 0.3) is 0 Å². The second-order valence-corrected chi connectivity index (χ2v) is 7.04. The zero-order chi connectivity index (χ0) is 16.4. The van der Waals surface area contributed by atoms with Gasteiger partial charge in [0.15, 0.2) is 0 Å². The van der Waals surface area contributed by atoms with Crippen LogP contribution in [0, 0.1) is 0 Å². The summed E-state index contributed by atoms with van der Waals surface area (Å²) in [5.41, 5.74) is 1.37. The lowest BCUT2D eigenvalue weighted by atomic mass is 10.1. The van der Waals surface area contributed by atoms with Gasteiger partial charge >= 0.3 is 6.09 Å². The van der Waals surface area contributed by atoms with E-state index in [1.54, 1.807) is 18.4 Å². The molecule has 1 aromatic rings. The Labute approximate surface area is 136 Å². The van der Waals surface area contributed by atoms with E-state index in [9.17, 15) is 4.79 Å². The van der Waals surface area contributed by atoms with Gasteiger partial charge in [-0.15, -0.1) is 11.3 Å². The van der Waals surface area contributed by atoms with Gasteiger partial charge in [-0.25, -0.2) is 4.79 Å². The highest BCUT2D eigenvalue weighted by Crippen LogP contribution is 2.08. The molecule has 0 aliphatic carbocycles. The average molecular weight is 329 g/mol. The highest BCUT2D eigenvalue weighted by molar-refractivity contribution is 7.09. The summed E-state index contributed by atoms with van der Waals surface area (Å²) in [5.74, 6) is 0. The van der Waals surface area contributed by atoms with Crippen LogP contribution in [0.5, 0.6) is 0 Å². The van der Waals surface area contributed by atoms with E-state index in [1.165, 1.54) is 4.88 Å². The van der Waals surface area contributed by atoms with E-state index < -0.39 is 5.60 Å². The molecule has 0 radical (unpaired) electrons. The van der Waals surface area contributed by atoms with Crippen LogP contribution >= 0.6 is 11.3 Å². The van der Waals surface area contributed by atoms with Crippen LogP contribution in [0.3, 0.4) is 0 Å². The zero-order valence-electron chi connectivity index (χ0n) is 13.8. The molecule has 1 heterocycles. The first-order valence-electron chi connectivity index (χ1n) is 7.47. The van der Waals surface area contributed by atoms with Crippen molar-refractivity contribution < 1.29 is 14.3 Å². The average Bonchev–Trinajstić information content (AvgIpc) is 2.92. The summed E-state index contributed by atoms with van der Waals surface area (Å²) < 4.78 is 10.4. The van der Waals surface area contributed by atoms with E-state index in [4.69, 9.17) is 9.47 Å². The number of amides is 1. The molecule has 0 saturated carbocycles. The van der Waals surface area contributed by atoms with Crippen molar-refractivity contribution in [2.75, 3.05) is 20.3 Å². The van der Waals surface area contributed by atoms with E-state index in [-0.39, 0.29) is 12.1 Å². The van der Waals surface area contributed by atoms with Gasteiger partial charge in [0.05, 0.1) is 12.1 Å². The van der Waals surface area contributed by atoms with E-state index in [2.05, 4.69) is 15.6 Å². The van der Waals surface area contributed by atoms with Crippen LogP contribution in [0.4, 0.5) is 4.79 Å². The topological polar surface area (TPSA) is 72.5 Å². The van der Waals surface area contributed by atoms with Crippen molar-refractivity contribution in [3.63, 3.8) is 0 Å². The highest BCUT2D eigenvalue weighted by atomic mass is 32.1. The lowest BCUT2D eigenvalue weighted by molar-refractivity contribution is 0.0526. The summed E-state index contributed by atoms with van der Waals surface area (Å²) >= 11 is 1.63. The summed E-state index contributed by atoms with van der Waals surface area (Å²) in [6.45, 7) is 7.58. The fourth-order valence-corrected chi connectivity index (χ4v) is 2.42. The van der Waals surface area contributed by atoms with Crippen molar-refractivity contribution in [3.05, 3.63) is 16.6 Å². The molecule has 1 rings (SSSR count). The van der Waals surface area contributed by atoms with Gasteiger partial charge in [-0.1, -0.05) is 0 Å². The molecule has 1 unspecified atom stereocenters. The molecule has 0 aliphatic heterocycles. The number of methoxy groups -OCH3 is 1. The number of carbonyl (C=O) groups excluding carboxylic acids is 1. The number of carbonyl (C=O) groups is 1. The van der Waals surface area contributed by atoms with Crippen molar-refractivity contribution in [2.24, 2.45) is 0 Å². The summed E-state index contributed by atoms with van der Waals surface area (Å²) in [6, 6.07) is 0.257. The maximum absolute atomic E-state index is 11.5. The molecule has 0 fully saturated rings. The molecule has 0 saturated heterocycles. The van der Waals surface area contributed by atoms with Gasteiger partial charge < -0.3 is 20.1 Å². The molecule has 0 aromatic carbocycles. The largest absolute Gasteiger partial charge is 0.444 e. The summed E-state index contributed by atoms with van der Waals surface area (Å²) in [5, 5.41) is 6.22. The Morgan fingerprint density at radius 3 is 2.82 bits per heavy atom. The van der Waals surface area contributed by atoms with Gasteiger partial charge in [0.1, 0.15) is 5.60 Å². The Hall–Kier alpha value is -1.18. The van der Waals surface area contributed by atoms with E-state index >= 15 is 0 Å². The van der Waals surface area contributed by atoms with Crippen LogP contribution < -0.4 is 10.6 Å². The third kappa shape index (κ3) is 8.96. The van der Waals surface area contributed by atoms with Crippen molar-refractivity contribution in [3.8, 4) is 0 Å². The minimum Gasteiger partial charge on any atom is -0.444 e. The number of hydrogen-bond donors (Lipinski definition) is 2. The molecule has 6 nitrogen and oxygen atoms in total. The number of rotatable bonds is 9. The molecular formula is C15H27N3O3S. The first-order chi connectivity index (χ1) is 10.4. The molecule has 1 amide bonds. The number of thiazole rings is 1. The minimum absolute atomic E-state index is 0.257. The zero-order valence-corrected chi connectivity index (χ0v) is 14.7. The molecule has 0 bridgehead atoms. The number of nitrogens with one attached hydrogen (secondary N) is 2. The maximum Gasteiger partial charge on any atom is 0.407 e. The third-order valence-corrected chi connectivity index (χ3v) is 3.59. The molecular weight excluding hydrogens is 302 g/mol. The lowest BCUT2D eigenvalue weighted by Gasteiger charge is -2.20.